The standard InChI is InChI=1S/C22H27FN2O3S/c1-15(2)20-8-7-19(13-22(20)28-14-16(3)24(4)5)29(26,27)25-11-10-17-12-18(23)6-9-21(17)25/h6-13,15-16H,14H2,1-5H3. The molecule has 1 heterocycles. The summed E-state index contributed by atoms with van der Waals surface area (Å²) in [5, 5.41) is 0.531. The average Bonchev–Trinajstić information content (AvgIpc) is 3.09. The molecule has 1 aromatic heterocycles. The Morgan fingerprint density at radius 2 is 1.79 bits per heavy atom. The van der Waals surface area contributed by atoms with Gasteiger partial charge < -0.3 is 9.64 Å². The van der Waals surface area contributed by atoms with E-state index in [4.69, 9.17) is 4.74 Å². The maximum absolute atomic E-state index is 13.5. The summed E-state index contributed by atoms with van der Waals surface area (Å²) < 4.78 is 47.2. The molecule has 0 saturated carbocycles. The molecule has 0 bridgehead atoms. The van der Waals surface area contributed by atoms with E-state index in [1.165, 1.54) is 28.4 Å². The Hall–Kier alpha value is -2.38. The largest absolute Gasteiger partial charge is 0.492 e. The first-order valence-corrected chi connectivity index (χ1v) is 11.0. The molecule has 5 nitrogen and oxygen atoms in total. The highest BCUT2D eigenvalue weighted by atomic mass is 32.2. The maximum atomic E-state index is 13.5. The van der Waals surface area contributed by atoms with E-state index in [1.54, 1.807) is 24.3 Å². The van der Waals surface area contributed by atoms with Crippen LogP contribution in [0.3, 0.4) is 0 Å². The highest BCUT2D eigenvalue weighted by molar-refractivity contribution is 7.90. The van der Waals surface area contributed by atoms with Crippen molar-refractivity contribution >= 4 is 20.9 Å². The molecule has 29 heavy (non-hydrogen) atoms. The van der Waals surface area contributed by atoms with Crippen LogP contribution in [-0.4, -0.2) is 44.0 Å². The van der Waals surface area contributed by atoms with Gasteiger partial charge in [0, 0.05) is 23.7 Å². The van der Waals surface area contributed by atoms with Crippen LogP contribution in [0.4, 0.5) is 4.39 Å². The second kappa shape index (κ2) is 8.16. The number of likely N-dealkylation sites (N-methyl/N-ethyl adjacent to an activating group) is 1. The van der Waals surface area contributed by atoms with Crippen LogP contribution in [0, 0.1) is 5.82 Å². The minimum Gasteiger partial charge on any atom is -0.492 e. The lowest BCUT2D eigenvalue weighted by Crippen LogP contribution is -2.30. The molecule has 0 aliphatic heterocycles. The van der Waals surface area contributed by atoms with Crippen molar-refractivity contribution in [2.24, 2.45) is 0 Å². The number of benzene rings is 2. The molecular weight excluding hydrogens is 391 g/mol. The molecule has 1 atom stereocenters. The van der Waals surface area contributed by atoms with Gasteiger partial charge in [-0.05, 0) is 62.8 Å². The van der Waals surface area contributed by atoms with Gasteiger partial charge in [-0.1, -0.05) is 19.9 Å². The maximum Gasteiger partial charge on any atom is 0.268 e. The fourth-order valence-electron chi connectivity index (χ4n) is 3.05. The minimum absolute atomic E-state index is 0.135. The summed E-state index contributed by atoms with van der Waals surface area (Å²) in [6, 6.07) is 10.8. The number of halogens is 1. The van der Waals surface area contributed by atoms with Crippen molar-refractivity contribution in [3.63, 3.8) is 0 Å². The van der Waals surface area contributed by atoms with Crippen LogP contribution in [0.2, 0.25) is 0 Å². The van der Waals surface area contributed by atoms with E-state index in [-0.39, 0.29) is 16.9 Å². The van der Waals surface area contributed by atoms with Crippen molar-refractivity contribution in [2.45, 2.75) is 37.6 Å². The summed E-state index contributed by atoms with van der Waals surface area (Å²) in [4.78, 5) is 2.18. The van der Waals surface area contributed by atoms with Crippen molar-refractivity contribution < 1.29 is 17.5 Å². The SMILES string of the molecule is CC(C)c1ccc(S(=O)(=O)n2ccc3cc(F)ccc32)cc1OCC(C)N(C)C. The zero-order chi connectivity index (χ0) is 21.3. The Morgan fingerprint density at radius 3 is 2.45 bits per heavy atom. The Labute approximate surface area is 171 Å². The van der Waals surface area contributed by atoms with E-state index < -0.39 is 15.8 Å². The van der Waals surface area contributed by atoms with Crippen LogP contribution in [0.1, 0.15) is 32.3 Å². The third-order valence-electron chi connectivity index (χ3n) is 5.14. The van der Waals surface area contributed by atoms with Crippen molar-refractivity contribution in [1.82, 2.24) is 8.87 Å². The van der Waals surface area contributed by atoms with Crippen molar-refractivity contribution in [3.05, 3.63) is 60.0 Å². The Bertz CT molecular complexity index is 1120. The van der Waals surface area contributed by atoms with Gasteiger partial charge >= 0.3 is 0 Å². The number of nitrogens with zero attached hydrogens (tertiary/aromatic N) is 2. The number of ether oxygens (including phenoxy) is 1. The molecule has 0 N–H and O–H groups in total. The number of fused-ring (bicyclic) bond motifs is 1. The molecular formula is C22H27FN2O3S. The van der Waals surface area contributed by atoms with Crippen LogP contribution in [0.15, 0.2) is 53.6 Å². The number of rotatable bonds is 7. The summed E-state index contributed by atoms with van der Waals surface area (Å²) in [6.07, 6.45) is 1.45. The second-order valence-electron chi connectivity index (χ2n) is 7.80. The fraction of sp³-hybridized carbons (Fsp3) is 0.364. The molecule has 7 heteroatoms. The summed E-state index contributed by atoms with van der Waals surface area (Å²) in [5.41, 5.74) is 1.39. The van der Waals surface area contributed by atoms with Gasteiger partial charge in [-0.15, -0.1) is 0 Å². The molecule has 3 rings (SSSR count). The predicted molar refractivity (Wildman–Crippen MR) is 114 cm³/mol. The van der Waals surface area contributed by atoms with Crippen LogP contribution in [-0.2, 0) is 10.0 Å². The lowest BCUT2D eigenvalue weighted by Gasteiger charge is -2.22. The van der Waals surface area contributed by atoms with Gasteiger partial charge in [0.1, 0.15) is 18.2 Å². The fourth-order valence-corrected chi connectivity index (χ4v) is 4.42. The molecule has 0 radical (unpaired) electrons. The quantitative estimate of drug-likeness (QED) is 0.568. The van der Waals surface area contributed by atoms with Gasteiger partial charge in [0.2, 0.25) is 0 Å². The summed E-state index contributed by atoms with van der Waals surface area (Å²) in [6.45, 7) is 6.57. The van der Waals surface area contributed by atoms with Crippen molar-refractivity contribution in [1.29, 1.82) is 0 Å². The van der Waals surface area contributed by atoms with Gasteiger partial charge in [-0.25, -0.2) is 16.8 Å². The highest BCUT2D eigenvalue weighted by Gasteiger charge is 2.22. The van der Waals surface area contributed by atoms with Crippen LogP contribution in [0.25, 0.3) is 10.9 Å². The number of hydrogen-bond acceptors (Lipinski definition) is 4. The first kappa shape index (κ1) is 21.3. The molecule has 0 saturated heterocycles. The van der Waals surface area contributed by atoms with Gasteiger partial charge in [-0.2, -0.15) is 0 Å². The van der Waals surface area contributed by atoms with Crippen molar-refractivity contribution in [2.75, 3.05) is 20.7 Å². The van der Waals surface area contributed by atoms with Gasteiger partial charge in [0.15, 0.2) is 0 Å². The number of hydrogen-bond donors (Lipinski definition) is 0. The average molecular weight is 419 g/mol. The van der Waals surface area contributed by atoms with E-state index >= 15 is 0 Å². The molecule has 0 spiro atoms. The molecule has 0 fully saturated rings. The molecule has 0 aliphatic rings. The zero-order valence-corrected chi connectivity index (χ0v) is 18.2. The minimum atomic E-state index is -3.85. The van der Waals surface area contributed by atoms with E-state index in [9.17, 15) is 12.8 Å². The lowest BCUT2D eigenvalue weighted by atomic mass is 10.0. The second-order valence-corrected chi connectivity index (χ2v) is 9.61. The Balaban J connectivity index is 2.03. The van der Waals surface area contributed by atoms with Crippen LogP contribution in [0.5, 0.6) is 5.75 Å². The normalized spacial score (nSPS) is 13.4. The van der Waals surface area contributed by atoms with Crippen LogP contribution < -0.4 is 4.74 Å². The highest BCUT2D eigenvalue weighted by Crippen LogP contribution is 2.31. The summed E-state index contributed by atoms with van der Waals surface area (Å²) in [5.74, 6) is 0.351. The molecule has 3 aromatic rings. The molecule has 0 amide bonds. The van der Waals surface area contributed by atoms with Gasteiger partial charge in [0.05, 0.1) is 10.4 Å². The summed E-state index contributed by atoms with van der Waals surface area (Å²) >= 11 is 0. The van der Waals surface area contributed by atoms with E-state index in [0.717, 1.165) is 5.56 Å². The molecule has 1 unspecified atom stereocenters. The monoisotopic (exact) mass is 418 g/mol. The third kappa shape index (κ3) is 4.31. The van der Waals surface area contributed by atoms with Crippen molar-refractivity contribution in [3.8, 4) is 5.75 Å². The Kier molecular flexibility index (Phi) is 6.00. The lowest BCUT2D eigenvalue weighted by molar-refractivity contribution is 0.196. The molecule has 0 aliphatic carbocycles. The Morgan fingerprint density at radius 1 is 1.07 bits per heavy atom. The first-order chi connectivity index (χ1) is 13.6. The van der Waals surface area contributed by atoms with Gasteiger partial charge in [0.25, 0.3) is 10.0 Å². The summed E-state index contributed by atoms with van der Waals surface area (Å²) in [7, 11) is 0.0898. The number of aromatic nitrogens is 1. The molecule has 2 aromatic carbocycles. The smallest absolute Gasteiger partial charge is 0.268 e. The molecule has 156 valence electrons. The zero-order valence-electron chi connectivity index (χ0n) is 17.4. The predicted octanol–water partition coefficient (Wildman–Crippen LogP) is 4.47. The van der Waals surface area contributed by atoms with Crippen LogP contribution >= 0.6 is 0 Å². The topological polar surface area (TPSA) is 51.5 Å². The van der Waals surface area contributed by atoms with E-state index in [1.807, 2.05) is 39.8 Å². The third-order valence-corrected chi connectivity index (χ3v) is 6.83. The first-order valence-electron chi connectivity index (χ1n) is 9.56. The van der Waals surface area contributed by atoms with E-state index in [0.29, 0.717) is 23.3 Å². The van der Waals surface area contributed by atoms with Gasteiger partial charge in [-0.3, -0.25) is 0 Å². The van der Waals surface area contributed by atoms with E-state index in [2.05, 4.69) is 0 Å².